The Hall–Kier alpha value is -1.63. The Morgan fingerprint density at radius 2 is 1.72 bits per heavy atom. The minimum Gasteiger partial charge on any atom is -0.480 e. The maximum Gasteiger partial charge on any atom is 0.320 e. The monoisotopic (exact) mass is 259 g/mol. The van der Waals surface area contributed by atoms with Crippen LogP contribution >= 0.6 is 0 Å². The second-order valence-corrected chi connectivity index (χ2v) is 3.84. The number of carbonyl (C=O) groups excluding carboxylic acids is 2. The molecule has 0 saturated carbocycles. The lowest BCUT2D eigenvalue weighted by molar-refractivity contribution is -0.139. The van der Waals surface area contributed by atoms with Gasteiger partial charge in [-0.1, -0.05) is 0 Å². The molecule has 0 saturated heterocycles. The van der Waals surface area contributed by atoms with Crippen LogP contribution in [0.25, 0.3) is 0 Å². The number of aliphatic carboxylic acids is 1. The number of nitrogens with one attached hydrogen (secondary N) is 3. The van der Waals surface area contributed by atoms with Crippen molar-refractivity contribution >= 4 is 17.8 Å². The molecule has 1 unspecified atom stereocenters. The molecular formula is C11H21N3O4. The second-order valence-electron chi connectivity index (χ2n) is 3.84. The molecule has 0 spiro atoms. The van der Waals surface area contributed by atoms with Gasteiger partial charge < -0.3 is 21.1 Å². The van der Waals surface area contributed by atoms with Gasteiger partial charge in [-0.2, -0.15) is 0 Å². The largest absolute Gasteiger partial charge is 0.480 e. The predicted octanol–water partition coefficient (Wildman–Crippen LogP) is -0.918. The Morgan fingerprint density at radius 1 is 1.11 bits per heavy atom. The van der Waals surface area contributed by atoms with Crippen molar-refractivity contribution in [2.75, 3.05) is 20.6 Å². The van der Waals surface area contributed by atoms with Crippen LogP contribution in [-0.2, 0) is 14.4 Å². The molecule has 0 aromatic heterocycles. The fourth-order valence-electron chi connectivity index (χ4n) is 1.37. The van der Waals surface area contributed by atoms with Crippen molar-refractivity contribution in [1.29, 1.82) is 0 Å². The number of hydrogen-bond acceptors (Lipinski definition) is 4. The predicted molar refractivity (Wildman–Crippen MR) is 66.0 cm³/mol. The highest BCUT2D eigenvalue weighted by Gasteiger charge is 2.13. The van der Waals surface area contributed by atoms with Crippen LogP contribution in [0, 0.1) is 0 Å². The van der Waals surface area contributed by atoms with Gasteiger partial charge in [0, 0.05) is 26.4 Å². The molecule has 0 aromatic carbocycles. The zero-order valence-electron chi connectivity index (χ0n) is 10.8. The summed E-state index contributed by atoms with van der Waals surface area (Å²) in [5, 5.41) is 16.5. The first kappa shape index (κ1) is 16.4. The molecule has 7 heteroatoms. The highest BCUT2D eigenvalue weighted by Crippen LogP contribution is 1.96. The van der Waals surface area contributed by atoms with Gasteiger partial charge in [0.05, 0.1) is 0 Å². The van der Waals surface area contributed by atoms with Crippen molar-refractivity contribution in [3.05, 3.63) is 0 Å². The molecule has 0 aliphatic carbocycles. The SMILES string of the molecule is CNC(=O)CCC(=O)NCCCC(NC)C(=O)O. The number of rotatable bonds is 9. The molecule has 18 heavy (non-hydrogen) atoms. The average Bonchev–Trinajstić information content (AvgIpc) is 2.35. The van der Waals surface area contributed by atoms with Gasteiger partial charge in [0.25, 0.3) is 0 Å². The van der Waals surface area contributed by atoms with Gasteiger partial charge in [-0.25, -0.2) is 0 Å². The molecule has 0 rings (SSSR count). The summed E-state index contributed by atoms with van der Waals surface area (Å²) >= 11 is 0. The van der Waals surface area contributed by atoms with Crippen LogP contribution in [0.3, 0.4) is 0 Å². The van der Waals surface area contributed by atoms with Crippen LogP contribution in [0.1, 0.15) is 25.7 Å². The summed E-state index contributed by atoms with van der Waals surface area (Å²) in [5.41, 5.74) is 0. The highest BCUT2D eigenvalue weighted by atomic mass is 16.4. The molecule has 104 valence electrons. The Bertz CT molecular complexity index is 294. The third-order valence-corrected chi connectivity index (χ3v) is 2.50. The van der Waals surface area contributed by atoms with Crippen molar-refractivity contribution in [3.63, 3.8) is 0 Å². The minimum atomic E-state index is -0.900. The van der Waals surface area contributed by atoms with E-state index < -0.39 is 12.0 Å². The van der Waals surface area contributed by atoms with Crippen LogP contribution in [0.5, 0.6) is 0 Å². The summed E-state index contributed by atoms with van der Waals surface area (Å²) in [7, 11) is 3.10. The Labute approximate surface area is 106 Å². The summed E-state index contributed by atoms with van der Waals surface area (Å²) in [4.78, 5) is 32.8. The Morgan fingerprint density at radius 3 is 2.22 bits per heavy atom. The molecule has 2 amide bonds. The summed E-state index contributed by atoms with van der Waals surface area (Å²) in [6.45, 7) is 0.415. The average molecular weight is 259 g/mol. The number of amides is 2. The van der Waals surface area contributed by atoms with E-state index in [1.165, 1.54) is 7.05 Å². The zero-order chi connectivity index (χ0) is 14.0. The minimum absolute atomic E-state index is 0.147. The lowest BCUT2D eigenvalue weighted by atomic mass is 10.1. The molecule has 4 N–H and O–H groups in total. The molecule has 0 aliphatic heterocycles. The normalized spacial score (nSPS) is 11.7. The van der Waals surface area contributed by atoms with E-state index in [-0.39, 0.29) is 24.7 Å². The highest BCUT2D eigenvalue weighted by molar-refractivity contribution is 5.83. The number of carboxylic acid groups (broad SMARTS) is 1. The molecule has 1 atom stereocenters. The molecular weight excluding hydrogens is 238 g/mol. The Balaban J connectivity index is 3.62. The molecule has 7 nitrogen and oxygen atoms in total. The van der Waals surface area contributed by atoms with Crippen molar-refractivity contribution in [2.24, 2.45) is 0 Å². The van der Waals surface area contributed by atoms with E-state index in [4.69, 9.17) is 5.11 Å². The summed E-state index contributed by atoms with van der Waals surface area (Å²) < 4.78 is 0. The Kier molecular flexibility index (Phi) is 8.55. The molecule has 0 fully saturated rings. The van der Waals surface area contributed by atoms with E-state index in [0.717, 1.165) is 0 Å². The van der Waals surface area contributed by atoms with E-state index in [1.54, 1.807) is 7.05 Å². The quantitative estimate of drug-likeness (QED) is 0.401. The van der Waals surface area contributed by atoms with Gasteiger partial charge in [0.2, 0.25) is 11.8 Å². The van der Waals surface area contributed by atoms with Gasteiger partial charge in [0.15, 0.2) is 0 Å². The van der Waals surface area contributed by atoms with Crippen molar-refractivity contribution < 1.29 is 19.5 Å². The summed E-state index contributed by atoms with van der Waals surface area (Å²) in [6, 6.07) is -0.590. The molecule has 0 radical (unpaired) electrons. The number of carboxylic acids is 1. The maximum absolute atomic E-state index is 11.3. The van der Waals surface area contributed by atoms with Gasteiger partial charge in [0.1, 0.15) is 6.04 Å². The molecule has 0 aliphatic rings. The first-order valence-electron chi connectivity index (χ1n) is 5.88. The van der Waals surface area contributed by atoms with Crippen LogP contribution in [-0.4, -0.2) is 49.6 Å². The van der Waals surface area contributed by atoms with Gasteiger partial charge in [-0.05, 0) is 19.9 Å². The summed E-state index contributed by atoms with van der Waals surface area (Å²) in [5.74, 6) is -1.27. The van der Waals surface area contributed by atoms with E-state index in [1.807, 2.05) is 0 Å². The fraction of sp³-hybridized carbons (Fsp3) is 0.727. The second kappa shape index (κ2) is 9.41. The van der Waals surface area contributed by atoms with E-state index in [2.05, 4.69) is 16.0 Å². The lowest BCUT2D eigenvalue weighted by Crippen LogP contribution is -2.35. The zero-order valence-corrected chi connectivity index (χ0v) is 10.8. The smallest absolute Gasteiger partial charge is 0.320 e. The van der Waals surface area contributed by atoms with Crippen molar-refractivity contribution in [1.82, 2.24) is 16.0 Å². The number of hydrogen-bond donors (Lipinski definition) is 4. The third kappa shape index (κ3) is 7.61. The molecule has 0 bridgehead atoms. The van der Waals surface area contributed by atoms with E-state index in [9.17, 15) is 14.4 Å². The van der Waals surface area contributed by atoms with Crippen LogP contribution in [0.4, 0.5) is 0 Å². The van der Waals surface area contributed by atoms with Crippen molar-refractivity contribution in [2.45, 2.75) is 31.7 Å². The van der Waals surface area contributed by atoms with Gasteiger partial charge in [-0.15, -0.1) is 0 Å². The van der Waals surface area contributed by atoms with E-state index >= 15 is 0 Å². The number of likely N-dealkylation sites (N-methyl/N-ethyl adjacent to an activating group) is 1. The standard InChI is InChI=1S/C11H21N3O4/c1-12-8(11(17)18)4-3-7-14-10(16)6-5-9(15)13-2/h8,12H,3-7H2,1-2H3,(H,13,15)(H,14,16)(H,17,18). The maximum atomic E-state index is 11.3. The van der Waals surface area contributed by atoms with Crippen LogP contribution in [0.2, 0.25) is 0 Å². The number of carbonyl (C=O) groups is 3. The topological polar surface area (TPSA) is 108 Å². The molecule has 0 aromatic rings. The van der Waals surface area contributed by atoms with Crippen LogP contribution in [0.15, 0.2) is 0 Å². The first-order chi connectivity index (χ1) is 8.51. The van der Waals surface area contributed by atoms with Gasteiger partial charge >= 0.3 is 5.97 Å². The van der Waals surface area contributed by atoms with Crippen molar-refractivity contribution in [3.8, 4) is 0 Å². The third-order valence-electron chi connectivity index (χ3n) is 2.50. The van der Waals surface area contributed by atoms with E-state index in [0.29, 0.717) is 19.4 Å². The molecule has 0 heterocycles. The lowest BCUT2D eigenvalue weighted by Gasteiger charge is -2.11. The first-order valence-corrected chi connectivity index (χ1v) is 5.88. The van der Waals surface area contributed by atoms with Gasteiger partial charge in [-0.3, -0.25) is 14.4 Å². The van der Waals surface area contributed by atoms with Crippen LogP contribution < -0.4 is 16.0 Å². The summed E-state index contributed by atoms with van der Waals surface area (Å²) in [6.07, 6.45) is 1.33. The fourth-order valence-corrected chi connectivity index (χ4v) is 1.37.